The van der Waals surface area contributed by atoms with Crippen LogP contribution in [-0.4, -0.2) is 11.5 Å². The van der Waals surface area contributed by atoms with Crippen LogP contribution in [0.15, 0.2) is 40.9 Å². The maximum absolute atomic E-state index is 4.92. The quantitative estimate of drug-likeness (QED) is 0.630. The summed E-state index contributed by atoms with van der Waals surface area (Å²) in [5, 5.41) is 7.02. The summed E-state index contributed by atoms with van der Waals surface area (Å²) in [6.07, 6.45) is 2.18. The minimum Gasteiger partial charge on any atom is -0.370 e. The van der Waals surface area contributed by atoms with Gasteiger partial charge in [-0.05, 0) is 36.4 Å². The van der Waals surface area contributed by atoms with E-state index in [1.54, 1.807) is 0 Å². The molecule has 0 spiro atoms. The molecule has 0 aliphatic rings. The number of hydrogen-bond donors (Lipinski definition) is 1. The van der Waals surface area contributed by atoms with Gasteiger partial charge in [-0.25, -0.2) is 4.98 Å². The second-order valence-electron chi connectivity index (χ2n) is 5.25. The summed E-state index contributed by atoms with van der Waals surface area (Å²) < 4.78 is 1.13. The molecule has 3 heteroatoms. The van der Waals surface area contributed by atoms with E-state index in [1.807, 2.05) is 0 Å². The smallest absolute Gasteiger partial charge is 0.129 e. The van der Waals surface area contributed by atoms with Gasteiger partial charge in [-0.15, -0.1) is 0 Å². The van der Waals surface area contributed by atoms with Crippen LogP contribution >= 0.6 is 15.9 Å². The van der Waals surface area contributed by atoms with Crippen molar-refractivity contribution in [2.24, 2.45) is 0 Å². The van der Waals surface area contributed by atoms with E-state index in [4.69, 9.17) is 4.98 Å². The van der Waals surface area contributed by atoms with Crippen LogP contribution in [0.3, 0.4) is 0 Å². The average Bonchev–Trinajstić information content (AvgIpc) is 2.49. The van der Waals surface area contributed by atoms with Crippen LogP contribution < -0.4 is 5.32 Å². The third-order valence-electron chi connectivity index (χ3n) is 3.72. The Kier molecular flexibility index (Phi) is 4.11. The highest BCUT2D eigenvalue weighted by Gasteiger charge is 2.10. The van der Waals surface area contributed by atoms with Crippen molar-refractivity contribution in [3.63, 3.8) is 0 Å². The third kappa shape index (κ3) is 2.62. The van der Waals surface area contributed by atoms with Gasteiger partial charge < -0.3 is 5.32 Å². The molecule has 0 amide bonds. The van der Waals surface area contributed by atoms with Gasteiger partial charge in [-0.2, -0.15) is 0 Å². The topological polar surface area (TPSA) is 24.9 Å². The predicted molar refractivity (Wildman–Crippen MR) is 95.1 cm³/mol. The van der Waals surface area contributed by atoms with Crippen molar-refractivity contribution in [1.82, 2.24) is 4.98 Å². The van der Waals surface area contributed by atoms with E-state index >= 15 is 0 Å². The monoisotopic (exact) mass is 342 g/mol. The van der Waals surface area contributed by atoms with Crippen LogP contribution in [0.4, 0.5) is 5.82 Å². The van der Waals surface area contributed by atoms with Crippen LogP contribution in [-0.2, 0) is 6.42 Å². The summed E-state index contributed by atoms with van der Waals surface area (Å²) in [6, 6.07) is 12.9. The van der Waals surface area contributed by atoms with Crippen molar-refractivity contribution in [2.45, 2.75) is 26.7 Å². The zero-order valence-corrected chi connectivity index (χ0v) is 14.0. The van der Waals surface area contributed by atoms with Gasteiger partial charge in [0, 0.05) is 21.8 Å². The summed E-state index contributed by atoms with van der Waals surface area (Å²) in [4.78, 5) is 4.92. The van der Waals surface area contributed by atoms with Gasteiger partial charge in [-0.1, -0.05) is 53.5 Å². The highest BCUT2D eigenvalue weighted by atomic mass is 79.9. The molecule has 0 atom stereocenters. The Morgan fingerprint density at radius 1 is 1.10 bits per heavy atom. The summed E-state index contributed by atoms with van der Waals surface area (Å²) in [7, 11) is 0. The second kappa shape index (κ2) is 6.02. The Bertz CT molecular complexity index is 796. The lowest BCUT2D eigenvalue weighted by atomic mass is 10.0. The molecule has 1 heterocycles. The first kappa shape index (κ1) is 14.3. The number of nitrogens with zero attached hydrogens (tertiary/aromatic N) is 1. The molecule has 2 aromatic carbocycles. The van der Waals surface area contributed by atoms with Gasteiger partial charge in [0.2, 0.25) is 0 Å². The molecule has 0 radical (unpaired) electrons. The molecule has 0 bridgehead atoms. The number of anilines is 1. The number of aromatic nitrogens is 1. The van der Waals surface area contributed by atoms with Crippen LogP contribution in [0.2, 0.25) is 0 Å². The van der Waals surface area contributed by atoms with E-state index in [2.05, 4.69) is 71.5 Å². The molecular weight excluding hydrogens is 324 g/mol. The second-order valence-corrected chi connectivity index (χ2v) is 6.11. The van der Waals surface area contributed by atoms with Crippen LogP contribution in [0.25, 0.3) is 21.7 Å². The largest absolute Gasteiger partial charge is 0.370 e. The minimum absolute atomic E-state index is 0.893. The van der Waals surface area contributed by atoms with Gasteiger partial charge in [0.25, 0.3) is 0 Å². The number of nitrogens with one attached hydrogen (secondary N) is 1. The van der Waals surface area contributed by atoms with Gasteiger partial charge in [0.05, 0.1) is 5.52 Å². The Morgan fingerprint density at radius 3 is 2.57 bits per heavy atom. The first-order valence-electron chi connectivity index (χ1n) is 7.49. The normalized spacial score (nSPS) is 11.2. The van der Waals surface area contributed by atoms with Crippen LogP contribution in [0.5, 0.6) is 0 Å². The maximum Gasteiger partial charge on any atom is 0.129 e. The minimum atomic E-state index is 0.893. The fraction of sp³-hybridized carbons (Fsp3) is 0.278. The fourth-order valence-corrected chi connectivity index (χ4v) is 3.38. The molecule has 21 heavy (non-hydrogen) atoms. The first-order chi connectivity index (χ1) is 10.2. The number of pyridine rings is 1. The molecule has 0 aliphatic carbocycles. The maximum atomic E-state index is 4.92. The van der Waals surface area contributed by atoms with Crippen molar-refractivity contribution in [3.05, 3.63) is 46.4 Å². The predicted octanol–water partition coefficient (Wildman–Crippen LogP) is 5.53. The average molecular weight is 343 g/mol. The van der Waals surface area contributed by atoms with Gasteiger partial charge >= 0.3 is 0 Å². The van der Waals surface area contributed by atoms with Crippen molar-refractivity contribution in [3.8, 4) is 0 Å². The lowest BCUT2D eigenvalue weighted by Gasteiger charge is -2.13. The molecule has 2 nitrogen and oxygen atoms in total. The van der Waals surface area contributed by atoms with E-state index in [1.165, 1.54) is 21.7 Å². The first-order valence-corrected chi connectivity index (χ1v) is 8.28. The Balaban J connectivity index is 2.34. The third-order valence-corrected chi connectivity index (χ3v) is 4.37. The van der Waals surface area contributed by atoms with Gasteiger partial charge in [0.15, 0.2) is 0 Å². The number of fused-ring (bicyclic) bond motifs is 3. The van der Waals surface area contributed by atoms with Gasteiger partial charge in [0.1, 0.15) is 5.82 Å². The fourth-order valence-electron chi connectivity index (χ4n) is 2.79. The van der Waals surface area contributed by atoms with E-state index in [0.717, 1.165) is 35.2 Å². The molecule has 0 unspecified atom stereocenters. The molecule has 108 valence electrons. The summed E-state index contributed by atoms with van der Waals surface area (Å²) in [5.74, 6) is 1.03. The number of rotatable bonds is 4. The van der Waals surface area contributed by atoms with Crippen molar-refractivity contribution in [2.75, 3.05) is 11.9 Å². The van der Waals surface area contributed by atoms with Crippen LogP contribution in [0.1, 0.15) is 25.8 Å². The summed E-state index contributed by atoms with van der Waals surface area (Å²) in [6.45, 7) is 5.21. The lowest BCUT2D eigenvalue weighted by molar-refractivity contribution is 0.916. The van der Waals surface area contributed by atoms with Gasteiger partial charge in [-0.3, -0.25) is 0 Å². The number of halogens is 1. The van der Waals surface area contributed by atoms with E-state index < -0.39 is 0 Å². The molecular formula is C18H19BrN2. The van der Waals surface area contributed by atoms with E-state index in [9.17, 15) is 0 Å². The molecule has 0 saturated carbocycles. The molecule has 1 N–H and O–H groups in total. The van der Waals surface area contributed by atoms with E-state index in [0.29, 0.717) is 0 Å². The molecule has 0 aliphatic heterocycles. The van der Waals surface area contributed by atoms with Crippen molar-refractivity contribution in [1.29, 1.82) is 0 Å². The highest BCUT2D eigenvalue weighted by molar-refractivity contribution is 9.10. The molecule has 3 aromatic rings. The Labute approximate surface area is 133 Å². The highest BCUT2D eigenvalue weighted by Crippen LogP contribution is 2.33. The number of aryl methyl sites for hydroxylation is 1. The summed E-state index contributed by atoms with van der Waals surface area (Å²) in [5.41, 5.74) is 2.37. The molecule has 3 rings (SSSR count). The zero-order chi connectivity index (χ0) is 14.8. The number of benzene rings is 2. The standard InChI is InChI=1S/C18H19BrN2/c1-3-7-12-10-13-11-16(19)14-8-5-6-9-15(14)17(13)21-18(12)20-4-2/h5-6,8-11H,3-4,7H2,1-2H3,(H,20,21). The Hall–Kier alpha value is -1.61. The molecule has 0 fully saturated rings. The van der Waals surface area contributed by atoms with Crippen molar-refractivity contribution < 1.29 is 0 Å². The number of hydrogen-bond acceptors (Lipinski definition) is 2. The van der Waals surface area contributed by atoms with Crippen molar-refractivity contribution >= 4 is 43.4 Å². The summed E-state index contributed by atoms with van der Waals surface area (Å²) >= 11 is 3.69. The molecule has 1 aromatic heterocycles. The van der Waals surface area contributed by atoms with Crippen LogP contribution in [0, 0.1) is 0 Å². The lowest BCUT2D eigenvalue weighted by Crippen LogP contribution is -2.04. The van der Waals surface area contributed by atoms with E-state index in [-0.39, 0.29) is 0 Å². The Morgan fingerprint density at radius 2 is 1.86 bits per heavy atom. The SMILES string of the molecule is CCCc1cc2cc(Br)c3ccccc3c2nc1NCC. The zero-order valence-electron chi connectivity index (χ0n) is 12.4. The molecule has 0 saturated heterocycles.